The average molecular weight is 157 g/mol. The molecule has 5 heteroatoms. The molecule has 0 aromatic rings. The standard InChI is InChI=1S/C5H11NO3.Na.H/c1-3(5(8)9)6-4(2)7;;/h3-4,6-7H,1-2H3,(H,8,9);;/q;+1;-1. The van der Waals surface area contributed by atoms with Crippen LogP contribution >= 0.6 is 0 Å². The molecular formula is C5H12NNaO3. The molecule has 2 unspecified atom stereocenters. The van der Waals surface area contributed by atoms with Crippen LogP contribution in [0.4, 0.5) is 0 Å². The second kappa shape index (κ2) is 6.12. The number of carboxylic acid groups (broad SMARTS) is 1. The monoisotopic (exact) mass is 157 g/mol. The van der Waals surface area contributed by atoms with Gasteiger partial charge in [0.15, 0.2) is 0 Å². The quantitative estimate of drug-likeness (QED) is 0.294. The fourth-order valence-electron chi connectivity index (χ4n) is 0.433. The number of nitrogens with one attached hydrogen (secondary N) is 1. The number of hydrogen-bond donors (Lipinski definition) is 3. The van der Waals surface area contributed by atoms with Gasteiger partial charge in [0.05, 0.1) is 0 Å². The van der Waals surface area contributed by atoms with E-state index in [9.17, 15) is 4.79 Å². The second-order valence-electron chi connectivity index (χ2n) is 1.90. The van der Waals surface area contributed by atoms with Crippen molar-refractivity contribution in [3.63, 3.8) is 0 Å². The summed E-state index contributed by atoms with van der Waals surface area (Å²) in [4.78, 5) is 10.1. The summed E-state index contributed by atoms with van der Waals surface area (Å²) >= 11 is 0. The fraction of sp³-hybridized carbons (Fsp3) is 0.800. The van der Waals surface area contributed by atoms with Crippen molar-refractivity contribution in [1.29, 1.82) is 0 Å². The molecule has 0 aromatic carbocycles. The molecule has 0 aliphatic heterocycles. The largest absolute Gasteiger partial charge is 1.00 e. The molecular weight excluding hydrogens is 145 g/mol. The third kappa shape index (κ3) is 6.51. The molecule has 0 aromatic heterocycles. The van der Waals surface area contributed by atoms with Crippen molar-refractivity contribution in [2.24, 2.45) is 0 Å². The first kappa shape index (κ1) is 13.0. The Bertz CT molecular complexity index is 112. The van der Waals surface area contributed by atoms with Crippen LogP contribution in [0.5, 0.6) is 0 Å². The van der Waals surface area contributed by atoms with Gasteiger partial charge in [-0.05, 0) is 13.8 Å². The minimum Gasteiger partial charge on any atom is -1.00 e. The molecule has 0 aliphatic carbocycles. The van der Waals surface area contributed by atoms with Crippen molar-refractivity contribution in [2.45, 2.75) is 26.1 Å². The zero-order valence-electron chi connectivity index (χ0n) is 7.46. The number of rotatable bonds is 3. The molecule has 0 bridgehead atoms. The molecule has 0 rings (SSSR count). The summed E-state index contributed by atoms with van der Waals surface area (Å²) in [6.45, 7) is 2.94. The van der Waals surface area contributed by atoms with E-state index in [1.807, 2.05) is 0 Å². The molecule has 0 radical (unpaired) electrons. The Morgan fingerprint density at radius 2 is 2.00 bits per heavy atom. The van der Waals surface area contributed by atoms with Gasteiger partial charge in [-0.15, -0.1) is 0 Å². The smallest absolute Gasteiger partial charge is 1.00 e. The number of carboxylic acids is 1. The molecule has 4 nitrogen and oxygen atoms in total. The minimum atomic E-state index is -0.962. The third-order valence-corrected chi connectivity index (χ3v) is 0.862. The Morgan fingerprint density at radius 3 is 2.10 bits per heavy atom. The van der Waals surface area contributed by atoms with E-state index in [4.69, 9.17) is 10.2 Å². The van der Waals surface area contributed by atoms with Crippen LogP contribution in [0.15, 0.2) is 0 Å². The van der Waals surface area contributed by atoms with E-state index in [-0.39, 0.29) is 31.0 Å². The van der Waals surface area contributed by atoms with Crippen molar-refractivity contribution in [1.82, 2.24) is 5.32 Å². The van der Waals surface area contributed by atoms with Crippen LogP contribution < -0.4 is 34.9 Å². The SMILES string of the molecule is CC(O)NC(C)C(=O)O.[H-].[Na+]. The van der Waals surface area contributed by atoms with Gasteiger partial charge in [0.2, 0.25) is 0 Å². The van der Waals surface area contributed by atoms with Gasteiger partial charge in [-0.25, -0.2) is 0 Å². The minimum absolute atomic E-state index is 0. The van der Waals surface area contributed by atoms with Crippen LogP contribution in [0.1, 0.15) is 15.3 Å². The van der Waals surface area contributed by atoms with Crippen molar-refractivity contribution in [3.8, 4) is 0 Å². The van der Waals surface area contributed by atoms with Gasteiger partial charge in [-0.3, -0.25) is 10.1 Å². The average Bonchev–Trinajstić information content (AvgIpc) is 1.63. The maximum atomic E-state index is 10.1. The first-order valence-corrected chi connectivity index (χ1v) is 2.71. The number of carbonyl (C=O) groups is 1. The van der Waals surface area contributed by atoms with Gasteiger partial charge in [0.1, 0.15) is 12.3 Å². The zero-order chi connectivity index (χ0) is 7.44. The second-order valence-corrected chi connectivity index (χ2v) is 1.90. The van der Waals surface area contributed by atoms with Crippen molar-refractivity contribution < 1.29 is 46.0 Å². The first-order valence-electron chi connectivity index (χ1n) is 2.71. The maximum Gasteiger partial charge on any atom is 1.00 e. The van der Waals surface area contributed by atoms with E-state index in [0.29, 0.717) is 0 Å². The summed E-state index contributed by atoms with van der Waals surface area (Å²) in [5, 5.41) is 19.3. The topological polar surface area (TPSA) is 69.6 Å². The van der Waals surface area contributed by atoms with E-state index in [0.717, 1.165) is 0 Å². The molecule has 0 amide bonds. The maximum absolute atomic E-state index is 10.1. The summed E-state index contributed by atoms with van der Waals surface area (Å²) in [6, 6.07) is -0.690. The van der Waals surface area contributed by atoms with Gasteiger partial charge < -0.3 is 11.6 Å². The Kier molecular flexibility index (Phi) is 7.97. The number of aliphatic hydroxyl groups is 1. The van der Waals surface area contributed by atoms with Gasteiger partial charge in [-0.2, -0.15) is 0 Å². The van der Waals surface area contributed by atoms with Crippen LogP contribution in [-0.2, 0) is 4.79 Å². The molecule has 0 spiro atoms. The van der Waals surface area contributed by atoms with Crippen LogP contribution in [0.2, 0.25) is 0 Å². The molecule has 3 N–H and O–H groups in total. The van der Waals surface area contributed by atoms with Crippen LogP contribution in [0, 0.1) is 0 Å². The summed E-state index contributed by atoms with van der Waals surface area (Å²) in [5.74, 6) is -0.962. The van der Waals surface area contributed by atoms with Gasteiger partial charge in [0, 0.05) is 0 Å². The predicted molar refractivity (Wildman–Crippen MR) is 33.0 cm³/mol. The van der Waals surface area contributed by atoms with Crippen LogP contribution in [0.3, 0.4) is 0 Å². The third-order valence-electron chi connectivity index (χ3n) is 0.862. The number of aliphatic carboxylic acids is 1. The van der Waals surface area contributed by atoms with Crippen LogP contribution in [0.25, 0.3) is 0 Å². The normalized spacial score (nSPS) is 15.1. The summed E-state index contributed by atoms with van der Waals surface area (Å²) < 4.78 is 0. The van der Waals surface area contributed by atoms with Crippen molar-refractivity contribution in [3.05, 3.63) is 0 Å². The van der Waals surface area contributed by atoms with E-state index in [1.165, 1.54) is 13.8 Å². The van der Waals surface area contributed by atoms with E-state index < -0.39 is 18.2 Å². The Morgan fingerprint density at radius 1 is 1.60 bits per heavy atom. The van der Waals surface area contributed by atoms with Gasteiger partial charge >= 0.3 is 35.5 Å². The predicted octanol–water partition coefficient (Wildman–Crippen LogP) is -3.50. The van der Waals surface area contributed by atoms with Gasteiger partial charge in [-0.1, -0.05) is 0 Å². The molecule has 10 heavy (non-hydrogen) atoms. The molecule has 0 saturated carbocycles. The van der Waals surface area contributed by atoms with E-state index in [1.54, 1.807) is 0 Å². The van der Waals surface area contributed by atoms with Crippen molar-refractivity contribution >= 4 is 5.97 Å². The molecule has 0 fully saturated rings. The Labute approximate surface area is 83.4 Å². The summed E-state index contributed by atoms with van der Waals surface area (Å²) in [7, 11) is 0. The Hall–Kier alpha value is 0.390. The molecule has 0 saturated heterocycles. The molecule has 56 valence electrons. The molecule has 0 heterocycles. The van der Waals surface area contributed by atoms with Crippen LogP contribution in [-0.4, -0.2) is 28.5 Å². The first-order chi connectivity index (χ1) is 4.04. The van der Waals surface area contributed by atoms with Crippen molar-refractivity contribution in [2.75, 3.05) is 0 Å². The molecule has 2 atom stereocenters. The van der Waals surface area contributed by atoms with E-state index >= 15 is 0 Å². The summed E-state index contributed by atoms with van der Waals surface area (Å²) in [6.07, 6.45) is -0.768. The van der Waals surface area contributed by atoms with Gasteiger partial charge in [0.25, 0.3) is 0 Å². The fourth-order valence-corrected chi connectivity index (χ4v) is 0.433. The number of aliphatic hydroxyl groups excluding tert-OH is 1. The summed E-state index contributed by atoms with van der Waals surface area (Å²) in [5.41, 5.74) is 0. The molecule has 0 aliphatic rings. The Balaban J connectivity index is -0.000000320. The number of hydrogen-bond acceptors (Lipinski definition) is 3. The van der Waals surface area contributed by atoms with E-state index in [2.05, 4.69) is 5.32 Å². The zero-order valence-corrected chi connectivity index (χ0v) is 8.46.